The third-order valence-electron chi connectivity index (χ3n) is 3.73. The van der Waals surface area contributed by atoms with Crippen LogP contribution in [0.1, 0.15) is 33.3 Å². The quantitative estimate of drug-likeness (QED) is 0.687. The van der Waals surface area contributed by atoms with Gasteiger partial charge in [-0.05, 0) is 51.8 Å². The number of ether oxygens (including phenoxy) is 2. The smallest absolute Gasteiger partial charge is 0.407 e. The lowest BCUT2D eigenvalue weighted by Gasteiger charge is -2.22. The fourth-order valence-electron chi connectivity index (χ4n) is 2.69. The van der Waals surface area contributed by atoms with Crippen molar-refractivity contribution in [3.05, 3.63) is 30.0 Å². The fourth-order valence-corrected chi connectivity index (χ4v) is 2.69. The first-order chi connectivity index (χ1) is 12.2. The second kappa shape index (κ2) is 8.12. The van der Waals surface area contributed by atoms with Crippen LogP contribution in [-0.2, 0) is 20.7 Å². The first kappa shape index (κ1) is 19.6. The van der Waals surface area contributed by atoms with Gasteiger partial charge < -0.3 is 25.1 Å². The van der Waals surface area contributed by atoms with Gasteiger partial charge in [-0.3, -0.25) is 4.79 Å². The zero-order valence-corrected chi connectivity index (χ0v) is 15.9. The number of carbonyl (C=O) groups is 2. The molecule has 2 rings (SSSR count). The Hall–Kier alpha value is -2.70. The van der Waals surface area contributed by atoms with Crippen LogP contribution in [0.2, 0.25) is 0 Å². The maximum Gasteiger partial charge on any atom is 0.407 e. The summed E-state index contributed by atoms with van der Waals surface area (Å²) in [7, 11) is 1.36. The molecule has 1 aromatic heterocycles. The lowest BCUT2D eigenvalue weighted by molar-refractivity contribution is -0.138. The van der Waals surface area contributed by atoms with Gasteiger partial charge in [0.2, 0.25) is 0 Å². The van der Waals surface area contributed by atoms with E-state index in [0.717, 1.165) is 22.2 Å². The summed E-state index contributed by atoms with van der Waals surface area (Å²) in [5.41, 5.74) is 2.31. The average Bonchev–Trinajstić information content (AvgIpc) is 2.94. The Kier molecular flexibility index (Phi) is 6.13. The van der Waals surface area contributed by atoms with Crippen LogP contribution in [0.4, 0.5) is 10.5 Å². The van der Waals surface area contributed by atoms with Crippen molar-refractivity contribution >= 4 is 28.7 Å². The molecule has 142 valence electrons. The van der Waals surface area contributed by atoms with E-state index in [0.29, 0.717) is 6.42 Å². The summed E-state index contributed by atoms with van der Waals surface area (Å²) in [6.07, 6.45) is 2.10. The molecule has 0 saturated carbocycles. The summed E-state index contributed by atoms with van der Waals surface area (Å²) < 4.78 is 9.97. The van der Waals surface area contributed by atoms with Gasteiger partial charge in [0, 0.05) is 28.8 Å². The summed E-state index contributed by atoms with van der Waals surface area (Å²) in [6, 6.07) is 5.67. The Bertz CT molecular complexity index is 777. The van der Waals surface area contributed by atoms with Crippen molar-refractivity contribution < 1.29 is 19.1 Å². The van der Waals surface area contributed by atoms with E-state index >= 15 is 0 Å². The number of carbonyl (C=O) groups excluding carboxylic acids is 2. The third kappa shape index (κ3) is 5.40. The number of aromatic nitrogens is 1. The molecular formula is C19H27N3O4. The molecule has 7 nitrogen and oxygen atoms in total. The van der Waals surface area contributed by atoms with E-state index in [1.807, 2.05) is 52.1 Å². The highest BCUT2D eigenvalue weighted by Crippen LogP contribution is 2.27. The van der Waals surface area contributed by atoms with Crippen LogP contribution in [0.25, 0.3) is 10.9 Å². The second-order valence-corrected chi connectivity index (χ2v) is 7.22. The third-order valence-corrected chi connectivity index (χ3v) is 3.73. The number of hydrogen-bond acceptors (Lipinski definition) is 5. The molecule has 1 atom stereocenters. The van der Waals surface area contributed by atoms with Crippen molar-refractivity contribution in [2.24, 2.45) is 0 Å². The lowest BCUT2D eigenvalue weighted by Crippen LogP contribution is -2.38. The van der Waals surface area contributed by atoms with Gasteiger partial charge in [-0.25, -0.2) is 4.79 Å². The molecule has 0 saturated heterocycles. The first-order valence-corrected chi connectivity index (χ1v) is 8.59. The summed E-state index contributed by atoms with van der Waals surface area (Å²) >= 11 is 0. The van der Waals surface area contributed by atoms with Gasteiger partial charge in [0.25, 0.3) is 0 Å². The molecule has 7 heteroatoms. The maximum atomic E-state index is 11.9. The van der Waals surface area contributed by atoms with Crippen LogP contribution in [0, 0.1) is 0 Å². The van der Waals surface area contributed by atoms with E-state index in [1.54, 1.807) is 0 Å². The number of hydrogen-bond donors (Lipinski definition) is 3. The number of anilines is 1. The molecule has 3 N–H and O–H groups in total. The summed E-state index contributed by atoms with van der Waals surface area (Å²) in [4.78, 5) is 26.6. The Morgan fingerprint density at radius 2 is 2.00 bits per heavy atom. The topological polar surface area (TPSA) is 92.5 Å². The Balaban J connectivity index is 2.11. The van der Waals surface area contributed by atoms with Crippen LogP contribution in [-0.4, -0.2) is 42.3 Å². The average molecular weight is 361 g/mol. The van der Waals surface area contributed by atoms with Crippen LogP contribution in [0.5, 0.6) is 0 Å². The van der Waals surface area contributed by atoms with Crippen molar-refractivity contribution in [3.8, 4) is 0 Å². The molecule has 1 amide bonds. The number of methoxy groups -OCH3 is 1. The highest BCUT2D eigenvalue weighted by Gasteiger charge is 2.19. The molecule has 0 aliphatic rings. The molecular weight excluding hydrogens is 334 g/mol. The van der Waals surface area contributed by atoms with E-state index in [-0.39, 0.29) is 18.6 Å². The van der Waals surface area contributed by atoms with Crippen LogP contribution in [0.3, 0.4) is 0 Å². The monoisotopic (exact) mass is 361 g/mol. The minimum Gasteiger partial charge on any atom is -0.468 e. The molecule has 2 aromatic rings. The van der Waals surface area contributed by atoms with E-state index in [9.17, 15) is 9.59 Å². The molecule has 0 aliphatic carbocycles. The summed E-state index contributed by atoms with van der Waals surface area (Å²) in [5, 5.41) is 6.95. The Morgan fingerprint density at radius 1 is 1.27 bits per heavy atom. The van der Waals surface area contributed by atoms with E-state index in [2.05, 4.69) is 20.4 Å². The molecule has 26 heavy (non-hydrogen) atoms. The first-order valence-electron chi connectivity index (χ1n) is 8.59. The minimum atomic E-state index is -0.532. The summed E-state index contributed by atoms with van der Waals surface area (Å²) in [5.74, 6) is -0.334. The number of amides is 1. The lowest BCUT2D eigenvalue weighted by atomic mass is 10.0. The van der Waals surface area contributed by atoms with Gasteiger partial charge in [0.1, 0.15) is 12.1 Å². The van der Waals surface area contributed by atoms with Crippen LogP contribution < -0.4 is 10.6 Å². The number of alkyl carbamates (subject to hydrolysis) is 1. The number of H-pyrrole nitrogens is 1. The van der Waals surface area contributed by atoms with Crippen molar-refractivity contribution in [3.63, 3.8) is 0 Å². The fraction of sp³-hybridized carbons (Fsp3) is 0.474. The molecule has 0 aliphatic heterocycles. The van der Waals surface area contributed by atoms with Crippen molar-refractivity contribution in [2.45, 2.75) is 45.8 Å². The molecule has 0 bridgehead atoms. The van der Waals surface area contributed by atoms with Gasteiger partial charge >= 0.3 is 12.1 Å². The Morgan fingerprint density at radius 3 is 2.65 bits per heavy atom. The van der Waals surface area contributed by atoms with Crippen molar-refractivity contribution in [1.29, 1.82) is 0 Å². The van der Waals surface area contributed by atoms with E-state index in [1.165, 1.54) is 7.11 Å². The van der Waals surface area contributed by atoms with Gasteiger partial charge in [0.15, 0.2) is 0 Å². The van der Waals surface area contributed by atoms with E-state index < -0.39 is 11.7 Å². The second-order valence-electron chi connectivity index (χ2n) is 7.22. The number of benzene rings is 1. The zero-order valence-electron chi connectivity index (χ0n) is 15.9. The minimum absolute atomic E-state index is 0.0892. The van der Waals surface area contributed by atoms with Gasteiger partial charge in [-0.2, -0.15) is 0 Å². The molecule has 0 fully saturated rings. The van der Waals surface area contributed by atoms with Crippen LogP contribution in [0.15, 0.2) is 24.4 Å². The standard InChI is InChI=1S/C19H27N3O4/c1-12(22-18(24)26-19(2,3)4)9-13-10-20-14-7-6-8-15(17(13)14)21-11-16(23)25-5/h6-8,10,12,20-21H,9,11H2,1-5H3,(H,22,24). The SMILES string of the molecule is COC(=O)CNc1cccc2[nH]cc(CC(C)NC(=O)OC(C)(C)C)c12. The van der Waals surface area contributed by atoms with Gasteiger partial charge in [0.05, 0.1) is 7.11 Å². The highest BCUT2D eigenvalue weighted by molar-refractivity contribution is 5.96. The number of esters is 1. The molecule has 1 heterocycles. The predicted molar refractivity (Wildman–Crippen MR) is 101 cm³/mol. The van der Waals surface area contributed by atoms with Gasteiger partial charge in [-0.15, -0.1) is 0 Å². The number of nitrogens with one attached hydrogen (secondary N) is 3. The Labute approximate surface area is 153 Å². The zero-order chi connectivity index (χ0) is 19.3. The van der Waals surface area contributed by atoms with Crippen molar-refractivity contribution in [2.75, 3.05) is 19.0 Å². The molecule has 1 aromatic carbocycles. The maximum absolute atomic E-state index is 11.9. The highest BCUT2D eigenvalue weighted by atomic mass is 16.6. The largest absolute Gasteiger partial charge is 0.468 e. The number of fused-ring (bicyclic) bond motifs is 1. The number of aromatic amines is 1. The van der Waals surface area contributed by atoms with Crippen LogP contribution >= 0.6 is 0 Å². The predicted octanol–water partition coefficient (Wildman–Crippen LogP) is 3.21. The molecule has 0 spiro atoms. The van der Waals surface area contributed by atoms with Crippen molar-refractivity contribution in [1.82, 2.24) is 10.3 Å². The number of rotatable bonds is 6. The molecule has 0 radical (unpaired) electrons. The summed E-state index contributed by atoms with van der Waals surface area (Å²) in [6.45, 7) is 7.50. The van der Waals surface area contributed by atoms with E-state index in [4.69, 9.17) is 4.74 Å². The normalized spacial score (nSPS) is 12.5. The molecule has 1 unspecified atom stereocenters. The van der Waals surface area contributed by atoms with Gasteiger partial charge in [-0.1, -0.05) is 6.07 Å².